The first kappa shape index (κ1) is 18.1. The monoisotopic (exact) mass is 382 g/mol. The predicted molar refractivity (Wildman–Crippen MR) is 97.9 cm³/mol. The Labute approximate surface area is 147 Å². The molecule has 1 aliphatic rings. The van der Waals surface area contributed by atoms with Crippen molar-refractivity contribution in [2.75, 3.05) is 11.9 Å². The molecule has 0 bridgehead atoms. The predicted octanol–water partition coefficient (Wildman–Crippen LogP) is 4.86. The number of alkyl carbamates (subject to hydrolysis) is 1. The molecule has 0 heterocycles. The summed E-state index contributed by atoms with van der Waals surface area (Å²) in [6.07, 6.45) is 3.10. The zero-order valence-electron chi connectivity index (χ0n) is 14.4. The van der Waals surface area contributed by atoms with E-state index in [1.54, 1.807) is 0 Å². The third kappa shape index (κ3) is 5.72. The van der Waals surface area contributed by atoms with E-state index in [9.17, 15) is 4.79 Å². The molecule has 0 saturated heterocycles. The molecular formula is C18H27BrN2O2. The lowest BCUT2D eigenvalue weighted by Gasteiger charge is -2.24. The molecule has 1 aromatic carbocycles. The summed E-state index contributed by atoms with van der Waals surface area (Å²) in [6, 6.07) is 6.71. The van der Waals surface area contributed by atoms with E-state index in [0.29, 0.717) is 18.5 Å². The SMILES string of the molecule is Cc1ccc(NC2CCCC2CNC(=O)OC(C)(C)C)c(Br)c1. The van der Waals surface area contributed by atoms with E-state index < -0.39 is 5.60 Å². The summed E-state index contributed by atoms with van der Waals surface area (Å²) < 4.78 is 6.39. The Morgan fingerprint density at radius 2 is 2.09 bits per heavy atom. The molecule has 2 atom stereocenters. The summed E-state index contributed by atoms with van der Waals surface area (Å²) in [5.74, 6) is 0.427. The summed E-state index contributed by atoms with van der Waals surface area (Å²) in [7, 11) is 0. The minimum absolute atomic E-state index is 0.334. The molecule has 1 aliphatic carbocycles. The fraction of sp³-hybridized carbons (Fsp3) is 0.611. The van der Waals surface area contributed by atoms with Crippen LogP contribution in [0.4, 0.5) is 10.5 Å². The third-order valence-electron chi connectivity index (χ3n) is 4.03. The molecule has 23 heavy (non-hydrogen) atoms. The first-order valence-electron chi connectivity index (χ1n) is 8.24. The van der Waals surface area contributed by atoms with E-state index >= 15 is 0 Å². The second-order valence-electron chi connectivity index (χ2n) is 7.31. The van der Waals surface area contributed by atoms with Gasteiger partial charge < -0.3 is 15.4 Å². The molecule has 2 rings (SSSR count). The largest absolute Gasteiger partial charge is 0.444 e. The van der Waals surface area contributed by atoms with Crippen LogP contribution in [0, 0.1) is 12.8 Å². The lowest BCUT2D eigenvalue weighted by atomic mass is 10.0. The van der Waals surface area contributed by atoms with Gasteiger partial charge in [-0.3, -0.25) is 0 Å². The fourth-order valence-corrected chi connectivity index (χ4v) is 3.54. The van der Waals surface area contributed by atoms with Crippen LogP contribution in [-0.2, 0) is 4.74 Å². The van der Waals surface area contributed by atoms with Crippen LogP contribution in [0.5, 0.6) is 0 Å². The van der Waals surface area contributed by atoms with Crippen LogP contribution in [0.3, 0.4) is 0 Å². The number of rotatable bonds is 4. The Kier molecular flexibility index (Phi) is 5.95. The van der Waals surface area contributed by atoms with Gasteiger partial charge in [0.05, 0.1) is 0 Å². The van der Waals surface area contributed by atoms with Crippen LogP contribution in [0.2, 0.25) is 0 Å². The smallest absolute Gasteiger partial charge is 0.407 e. The lowest BCUT2D eigenvalue weighted by Crippen LogP contribution is -2.38. The molecule has 4 nitrogen and oxygen atoms in total. The van der Waals surface area contributed by atoms with Gasteiger partial charge in [-0.25, -0.2) is 4.79 Å². The van der Waals surface area contributed by atoms with Crippen molar-refractivity contribution in [2.45, 2.75) is 58.6 Å². The van der Waals surface area contributed by atoms with Gasteiger partial charge in [-0.05, 0) is 80.1 Å². The average molecular weight is 383 g/mol. The molecule has 1 saturated carbocycles. The Hall–Kier alpha value is -1.23. The van der Waals surface area contributed by atoms with Gasteiger partial charge in [0.25, 0.3) is 0 Å². The van der Waals surface area contributed by atoms with Crippen molar-refractivity contribution < 1.29 is 9.53 Å². The third-order valence-corrected chi connectivity index (χ3v) is 4.69. The summed E-state index contributed by atoms with van der Waals surface area (Å²) in [4.78, 5) is 11.8. The number of hydrogen-bond donors (Lipinski definition) is 2. The number of hydrogen-bond acceptors (Lipinski definition) is 3. The summed E-state index contributed by atoms with van der Waals surface area (Å²) in [6.45, 7) is 8.36. The number of aryl methyl sites for hydroxylation is 1. The molecule has 0 aromatic heterocycles. The maximum atomic E-state index is 11.8. The van der Waals surface area contributed by atoms with E-state index in [1.165, 1.54) is 12.0 Å². The van der Waals surface area contributed by atoms with Crippen molar-refractivity contribution in [3.05, 3.63) is 28.2 Å². The Balaban J connectivity index is 1.89. The minimum Gasteiger partial charge on any atom is -0.444 e. The molecule has 2 unspecified atom stereocenters. The van der Waals surface area contributed by atoms with Gasteiger partial charge >= 0.3 is 6.09 Å². The highest BCUT2D eigenvalue weighted by Crippen LogP contribution is 2.31. The van der Waals surface area contributed by atoms with Crippen molar-refractivity contribution in [1.82, 2.24) is 5.32 Å². The van der Waals surface area contributed by atoms with Gasteiger partial charge in [-0.1, -0.05) is 12.5 Å². The topological polar surface area (TPSA) is 50.4 Å². The van der Waals surface area contributed by atoms with Crippen molar-refractivity contribution in [2.24, 2.45) is 5.92 Å². The van der Waals surface area contributed by atoms with Gasteiger partial charge in [0.1, 0.15) is 5.60 Å². The number of ether oxygens (including phenoxy) is 1. The summed E-state index contributed by atoms with van der Waals surface area (Å²) >= 11 is 3.62. The van der Waals surface area contributed by atoms with E-state index in [0.717, 1.165) is 23.0 Å². The maximum Gasteiger partial charge on any atom is 0.407 e. The van der Waals surface area contributed by atoms with E-state index in [1.807, 2.05) is 20.8 Å². The standard InChI is InChI=1S/C18H27BrN2O2/c1-12-8-9-16(14(19)10-12)21-15-7-5-6-13(15)11-20-17(22)23-18(2,3)4/h8-10,13,15,21H,5-7,11H2,1-4H3,(H,20,22). The van der Waals surface area contributed by atoms with Gasteiger partial charge in [0.2, 0.25) is 0 Å². The van der Waals surface area contributed by atoms with Crippen molar-refractivity contribution in [3.8, 4) is 0 Å². The molecule has 2 N–H and O–H groups in total. The van der Waals surface area contributed by atoms with Crippen molar-refractivity contribution in [3.63, 3.8) is 0 Å². The van der Waals surface area contributed by atoms with Crippen LogP contribution in [0.1, 0.15) is 45.6 Å². The number of halogens is 1. The first-order valence-corrected chi connectivity index (χ1v) is 9.03. The van der Waals surface area contributed by atoms with E-state index in [4.69, 9.17) is 4.74 Å². The van der Waals surface area contributed by atoms with Crippen LogP contribution >= 0.6 is 15.9 Å². The number of nitrogens with one attached hydrogen (secondary N) is 2. The highest BCUT2D eigenvalue weighted by atomic mass is 79.9. The van der Waals surface area contributed by atoms with Gasteiger partial charge in [-0.15, -0.1) is 0 Å². The quantitative estimate of drug-likeness (QED) is 0.781. The van der Waals surface area contributed by atoms with Crippen LogP contribution < -0.4 is 10.6 Å². The number of carbonyl (C=O) groups is 1. The second kappa shape index (κ2) is 7.56. The minimum atomic E-state index is -0.454. The molecule has 0 spiro atoms. The van der Waals surface area contributed by atoms with Gasteiger partial charge in [0, 0.05) is 22.7 Å². The normalized spacial score (nSPS) is 21.1. The van der Waals surface area contributed by atoms with Crippen molar-refractivity contribution >= 4 is 27.7 Å². The van der Waals surface area contributed by atoms with E-state index in [2.05, 4.69) is 51.7 Å². The lowest BCUT2D eigenvalue weighted by molar-refractivity contribution is 0.0519. The fourth-order valence-electron chi connectivity index (χ4n) is 2.94. The molecular weight excluding hydrogens is 356 g/mol. The first-order chi connectivity index (χ1) is 10.7. The Morgan fingerprint density at radius 3 is 2.74 bits per heavy atom. The Bertz CT molecular complexity index is 554. The molecule has 0 radical (unpaired) electrons. The molecule has 1 amide bonds. The maximum absolute atomic E-state index is 11.8. The summed E-state index contributed by atoms with van der Waals surface area (Å²) in [5, 5.41) is 6.53. The number of carbonyl (C=O) groups excluding carboxylic acids is 1. The molecule has 0 aliphatic heterocycles. The molecule has 1 fully saturated rings. The Morgan fingerprint density at radius 1 is 1.35 bits per heavy atom. The number of anilines is 1. The van der Waals surface area contributed by atoms with Crippen LogP contribution in [-0.4, -0.2) is 24.3 Å². The van der Waals surface area contributed by atoms with Gasteiger partial charge in [0.15, 0.2) is 0 Å². The second-order valence-corrected chi connectivity index (χ2v) is 8.16. The molecule has 128 valence electrons. The van der Waals surface area contributed by atoms with Gasteiger partial charge in [-0.2, -0.15) is 0 Å². The van der Waals surface area contributed by atoms with E-state index in [-0.39, 0.29) is 6.09 Å². The summed E-state index contributed by atoms with van der Waals surface area (Å²) in [5.41, 5.74) is 1.89. The molecule has 1 aromatic rings. The van der Waals surface area contributed by atoms with Crippen LogP contribution in [0.25, 0.3) is 0 Å². The van der Waals surface area contributed by atoms with Crippen molar-refractivity contribution in [1.29, 1.82) is 0 Å². The zero-order valence-corrected chi connectivity index (χ0v) is 16.0. The van der Waals surface area contributed by atoms with Crippen LogP contribution in [0.15, 0.2) is 22.7 Å². The number of benzene rings is 1. The number of amides is 1. The average Bonchev–Trinajstić information content (AvgIpc) is 2.85. The zero-order chi connectivity index (χ0) is 17.0. The highest BCUT2D eigenvalue weighted by molar-refractivity contribution is 9.10. The molecule has 5 heteroatoms. The highest BCUT2D eigenvalue weighted by Gasteiger charge is 2.28.